The lowest BCUT2D eigenvalue weighted by Crippen LogP contribution is -2.18. The van der Waals surface area contributed by atoms with E-state index in [2.05, 4.69) is 10.1 Å². The summed E-state index contributed by atoms with van der Waals surface area (Å²) < 4.78 is 9.32. The number of benzene rings is 1. The van der Waals surface area contributed by atoms with Gasteiger partial charge in [-0.2, -0.15) is 21.9 Å². The molecule has 2 heterocycles. The zero-order valence-corrected chi connectivity index (χ0v) is 17.2. The summed E-state index contributed by atoms with van der Waals surface area (Å²) in [5.74, 6) is 0.116. The van der Waals surface area contributed by atoms with Crippen LogP contribution < -0.4 is 4.80 Å². The molecule has 3 aromatic rings. The van der Waals surface area contributed by atoms with E-state index in [-0.39, 0.29) is 11.9 Å². The zero-order valence-electron chi connectivity index (χ0n) is 15.6. The number of ether oxygens (including phenoxy) is 1. The van der Waals surface area contributed by atoms with Gasteiger partial charge >= 0.3 is 5.97 Å². The number of aryl methyl sites for hydroxylation is 3. The number of carbonyl (C=O) groups excluding carboxylic acids is 2. The normalized spacial score (nSPS) is 11.9. The average Bonchev–Trinajstić information content (AvgIpc) is 3.18. The fourth-order valence-corrected chi connectivity index (χ4v) is 4.07. The number of hydrogen-bond acceptors (Lipinski definition) is 6. The summed E-state index contributed by atoms with van der Waals surface area (Å²) in [6.45, 7) is 2.60. The van der Waals surface area contributed by atoms with Crippen molar-refractivity contribution in [3.05, 3.63) is 46.0 Å². The van der Waals surface area contributed by atoms with E-state index < -0.39 is 0 Å². The molecule has 1 amide bonds. The SMILES string of the molecule is COC(=O)c1ccc2c(c1)sc(=NC(=O)c1cc(C)n(C)n1)n2CCSC. The Bertz CT molecular complexity index is 1060. The molecule has 0 saturated carbocycles. The minimum Gasteiger partial charge on any atom is -0.465 e. The van der Waals surface area contributed by atoms with Gasteiger partial charge in [-0.25, -0.2) is 4.79 Å². The predicted octanol–water partition coefficient (Wildman–Crippen LogP) is 2.64. The molecule has 0 fully saturated rings. The lowest BCUT2D eigenvalue weighted by Gasteiger charge is -2.04. The van der Waals surface area contributed by atoms with Crippen LogP contribution in [-0.2, 0) is 18.3 Å². The zero-order chi connectivity index (χ0) is 19.6. The van der Waals surface area contributed by atoms with Gasteiger partial charge in [0.1, 0.15) is 0 Å². The van der Waals surface area contributed by atoms with Crippen molar-refractivity contribution in [2.24, 2.45) is 12.0 Å². The van der Waals surface area contributed by atoms with Crippen LogP contribution in [0.5, 0.6) is 0 Å². The highest BCUT2D eigenvalue weighted by atomic mass is 32.2. The smallest absolute Gasteiger partial charge is 0.337 e. The molecule has 0 aliphatic carbocycles. The van der Waals surface area contributed by atoms with Gasteiger partial charge in [-0.3, -0.25) is 9.48 Å². The molecule has 0 bridgehead atoms. The summed E-state index contributed by atoms with van der Waals surface area (Å²) in [5, 5.41) is 4.20. The molecule has 2 aromatic heterocycles. The molecule has 0 N–H and O–H groups in total. The second-order valence-electron chi connectivity index (χ2n) is 5.91. The van der Waals surface area contributed by atoms with Gasteiger partial charge < -0.3 is 9.30 Å². The van der Waals surface area contributed by atoms with Crippen LogP contribution in [0.25, 0.3) is 10.2 Å². The second kappa shape index (κ2) is 8.10. The summed E-state index contributed by atoms with van der Waals surface area (Å²) in [7, 11) is 3.15. The number of thioether (sulfide) groups is 1. The van der Waals surface area contributed by atoms with E-state index in [9.17, 15) is 9.59 Å². The van der Waals surface area contributed by atoms with Gasteiger partial charge in [0.2, 0.25) is 0 Å². The molecule has 0 aliphatic rings. The first kappa shape index (κ1) is 19.4. The number of esters is 1. The summed E-state index contributed by atoms with van der Waals surface area (Å²) in [6, 6.07) is 7.09. The van der Waals surface area contributed by atoms with E-state index in [4.69, 9.17) is 4.74 Å². The van der Waals surface area contributed by atoms with Crippen LogP contribution in [0, 0.1) is 6.92 Å². The molecule has 0 radical (unpaired) electrons. The van der Waals surface area contributed by atoms with Gasteiger partial charge in [-0.05, 0) is 37.4 Å². The molecule has 7 nitrogen and oxygen atoms in total. The quantitative estimate of drug-likeness (QED) is 0.611. The molecule has 3 rings (SSSR count). The van der Waals surface area contributed by atoms with Crippen LogP contribution >= 0.6 is 23.1 Å². The highest BCUT2D eigenvalue weighted by Gasteiger charge is 2.14. The first-order valence-electron chi connectivity index (χ1n) is 8.25. The van der Waals surface area contributed by atoms with Crippen molar-refractivity contribution in [3.63, 3.8) is 0 Å². The maximum Gasteiger partial charge on any atom is 0.337 e. The first-order chi connectivity index (χ1) is 12.9. The number of fused-ring (bicyclic) bond motifs is 1. The third kappa shape index (κ3) is 3.98. The van der Waals surface area contributed by atoms with Gasteiger partial charge in [0, 0.05) is 25.0 Å². The Morgan fingerprint density at radius 1 is 1.33 bits per heavy atom. The third-order valence-corrected chi connectivity index (χ3v) is 5.78. The highest BCUT2D eigenvalue weighted by molar-refractivity contribution is 7.98. The van der Waals surface area contributed by atoms with Gasteiger partial charge in [-0.1, -0.05) is 11.3 Å². The Balaban J connectivity index is 2.11. The Kier molecular flexibility index (Phi) is 5.81. The van der Waals surface area contributed by atoms with E-state index in [0.717, 1.165) is 21.7 Å². The van der Waals surface area contributed by atoms with Crippen LogP contribution in [0.4, 0.5) is 0 Å². The topological polar surface area (TPSA) is 78.5 Å². The average molecular weight is 405 g/mol. The van der Waals surface area contributed by atoms with Gasteiger partial charge in [0.05, 0.1) is 22.9 Å². The maximum absolute atomic E-state index is 12.6. The van der Waals surface area contributed by atoms with Crippen LogP contribution in [0.2, 0.25) is 0 Å². The van der Waals surface area contributed by atoms with E-state index in [1.165, 1.54) is 18.4 Å². The Morgan fingerprint density at radius 2 is 2.11 bits per heavy atom. The number of thiazole rings is 1. The summed E-state index contributed by atoms with van der Waals surface area (Å²) >= 11 is 3.09. The lowest BCUT2D eigenvalue weighted by molar-refractivity contribution is 0.0601. The van der Waals surface area contributed by atoms with Gasteiger partial charge in [0.25, 0.3) is 5.91 Å². The van der Waals surface area contributed by atoms with Gasteiger partial charge in [-0.15, -0.1) is 0 Å². The largest absolute Gasteiger partial charge is 0.465 e. The molecule has 0 saturated heterocycles. The Morgan fingerprint density at radius 3 is 2.74 bits per heavy atom. The monoisotopic (exact) mass is 404 g/mol. The summed E-state index contributed by atoms with van der Waals surface area (Å²) in [5.41, 5.74) is 2.62. The molecule has 9 heteroatoms. The van der Waals surface area contributed by atoms with E-state index in [0.29, 0.717) is 22.6 Å². The van der Waals surface area contributed by atoms with Crippen molar-refractivity contribution >= 4 is 45.2 Å². The molecule has 0 spiro atoms. The standard InChI is InChI=1S/C18H20N4O3S2/c1-11-9-13(20-21(11)2)16(23)19-18-22(7-8-26-4)14-6-5-12(17(24)25-3)10-15(14)27-18/h5-6,9-10H,7-8H2,1-4H3. The van der Waals surface area contributed by atoms with Crippen molar-refractivity contribution in [2.45, 2.75) is 13.5 Å². The second-order valence-corrected chi connectivity index (χ2v) is 7.91. The van der Waals surface area contributed by atoms with Crippen LogP contribution in [0.15, 0.2) is 29.3 Å². The number of carbonyl (C=O) groups is 2. The first-order valence-corrected chi connectivity index (χ1v) is 10.5. The van der Waals surface area contributed by atoms with Crippen molar-refractivity contribution in [3.8, 4) is 0 Å². The fourth-order valence-electron chi connectivity index (χ4n) is 2.61. The summed E-state index contributed by atoms with van der Waals surface area (Å²) in [4.78, 5) is 29.3. The van der Waals surface area contributed by atoms with Gasteiger partial charge in [0.15, 0.2) is 10.5 Å². The van der Waals surface area contributed by atoms with E-state index in [1.54, 1.807) is 41.7 Å². The number of methoxy groups -OCH3 is 1. The number of amides is 1. The summed E-state index contributed by atoms with van der Waals surface area (Å²) in [6.07, 6.45) is 2.03. The Hall–Kier alpha value is -2.39. The molecular formula is C18H20N4O3S2. The Labute approximate surface area is 164 Å². The van der Waals surface area contributed by atoms with Crippen molar-refractivity contribution in [2.75, 3.05) is 19.1 Å². The molecule has 0 atom stereocenters. The van der Waals surface area contributed by atoms with Crippen LogP contribution in [0.1, 0.15) is 26.5 Å². The maximum atomic E-state index is 12.6. The molecule has 0 unspecified atom stereocenters. The minimum atomic E-state index is -0.389. The van der Waals surface area contributed by atoms with E-state index in [1.807, 2.05) is 23.8 Å². The number of nitrogens with zero attached hydrogens (tertiary/aromatic N) is 4. The van der Waals surface area contributed by atoms with Crippen molar-refractivity contribution in [1.82, 2.24) is 14.3 Å². The molecule has 1 aromatic carbocycles. The predicted molar refractivity (Wildman–Crippen MR) is 107 cm³/mol. The number of aromatic nitrogens is 3. The van der Waals surface area contributed by atoms with Crippen LogP contribution in [0.3, 0.4) is 0 Å². The van der Waals surface area contributed by atoms with Crippen LogP contribution in [-0.4, -0.2) is 45.3 Å². The van der Waals surface area contributed by atoms with Crippen molar-refractivity contribution in [1.29, 1.82) is 0 Å². The van der Waals surface area contributed by atoms with Crippen molar-refractivity contribution < 1.29 is 14.3 Å². The lowest BCUT2D eigenvalue weighted by atomic mass is 10.2. The number of rotatable bonds is 5. The molecule has 142 valence electrons. The third-order valence-electron chi connectivity index (χ3n) is 4.15. The number of hydrogen-bond donors (Lipinski definition) is 0. The fraction of sp³-hybridized carbons (Fsp3) is 0.333. The molecule has 0 aliphatic heterocycles. The molecular weight excluding hydrogens is 384 g/mol. The highest BCUT2D eigenvalue weighted by Crippen LogP contribution is 2.20. The minimum absolute atomic E-state index is 0.319. The molecule has 27 heavy (non-hydrogen) atoms. The van der Waals surface area contributed by atoms with E-state index >= 15 is 0 Å².